The van der Waals surface area contributed by atoms with E-state index >= 15 is 0 Å². The maximum atomic E-state index is 14.2. The number of benzene rings is 3. The Labute approximate surface area is 234 Å². The number of H-pyrrole nitrogens is 1. The van der Waals surface area contributed by atoms with E-state index in [-0.39, 0.29) is 23.7 Å². The quantitative estimate of drug-likeness (QED) is 0.321. The number of para-hydroxylation sites is 1. The molecule has 2 aliphatic rings. The summed E-state index contributed by atoms with van der Waals surface area (Å²) in [6.07, 6.45) is 0.649. The van der Waals surface area contributed by atoms with Gasteiger partial charge >= 0.3 is 6.03 Å². The Morgan fingerprint density at radius 2 is 1.52 bits per heavy atom. The zero-order chi connectivity index (χ0) is 28.0. The summed E-state index contributed by atoms with van der Waals surface area (Å²) < 4.78 is 0. The molecule has 4 aromatic rings. The number of fused-ring (bicyclic) bond motifs is 5. The minimum atomic E-state index is -1.19. The van der Waals surface area contributed by atoms with Crippen molar-refractivity contribution >= 4 is 28.7 Å². The molecule has 3 heterocycles. The predicted molar refractivity (Wildman–Crippen MR) is 155 cm³/mol. The van der Waals surface area contributed by atoms with Gasteiger partial charge < -0.3 is 15.2 Å². The lowest BCUT2D eigenvalue weighted by Gasteiger charge is -2.36. The first-order chi connectivity index (χ1) is 19.3. The van der Waals surface area contributed by atoms with Gasteiger partial charge in [-0.15, -0.1) is 0 Å². The molecule has 0 spiro atoms. The number of urea groups is 1. The first-order valence-corrected chi connectivity index (χ1v) is 13.9. The van der Waals surface area contributed by atoms with Gasteiger partial charge in [0, 0.05) is 29.9 Å². The molecular weight excluding hydrogens is 500 g/mol. The van der Waals surface area contributed by atoms with Crippen molar-refractivity contribution in [1.82, 2.24) is 20.1 Å². The topological polar surface area (TPSA) is 85.5 Å². The van der Waals surface area contributed by atoms with Crippen LogP contribution in [0, 0.1) is 5.92 Å². The highest BCUT2D eigenvalue weighted by molar-refractivity contribution is 6.11. The molecule has 3 aromatic carbocycles. The first-order valence-electron chi connectivity index (χ1n) is 13.9. The Kier molecular flexibility index (Phi) is 6.45. The Bertz CT molecular complexity index is 1540. The number of aromatic amines is 1. The largest absolute Gasteiger partial charge is 0.356 e. The van der Waals surface area contributed by atoms with Gasteiger partial charge in [0.2, 0.25) is 5.91 Å². The molecule has 40 heavy (non-hydrogen) atoms. The van der Waals surface area contributed by atoms with Gasteiger partial charge in [0.25, 0.3) is 5.91 Å². The third-order valence-corrected chi connectivity index (χ3v) is 8.56. The number of imide groups is 1. The minimum Gasteiger partial charge on any atom is -0.356 e. The molecule has 204 valence electrons. The Balaban J connectivity index is 1.30. The monoisotopic (exact) mass is 534 g/mol. The summed E-state index contributed by atoms with van der Waals surface area (Å²) in [5.74, 6) is -1.02. The van der Waals surface area contributed by atoms with Crippen LogP contribution in [0.1, 0.15) is 49.1 Å². The van der Waals surface area contributed by atoms with Crippen molar-refractivity contribution in [2.75, 3.05) is 13.1 Å². The SMILES string of the molecule is CC(C)C(C(=O)NCC(c1ccccc1)c1ccccc1)N1C(=O)N2CCc3c([nH]c4ccccc34)C2(C)C1=O. The van der Waals surface area contributed by atoms with Crippen molar-refractivity contribution < 1.29 is 14.4 Å². The average molecular weight is 535 g/mol. The highest BCUT2D eigenvalue weighted by atomic mass is 16.2. The maximum absolute atomic E-state index is 14.2. The lowest BCUT2D eigenvalue weighted by molar-refractivity contribution is -0.140. The van der Waals surface area contributed by atoms with Crippen LogP contribution in [0.25, 0.3) is 10.9 Å². The van der Waals surface area contributed by atoms with Gasteiger partial charge in [-0.05, 0) is 42.0 Å². The van der Waals surface area contributed by atoms with Gasteiger partial charge in [0.1, 0.15) is 6.04 Å². The van der Waals surface area contributed by atoms with Crippen molar-refractivity contribution in [2.45, 2.75) is 44.7 Å². The molecular formula is C33H34N4O3. The van der Waals surface area contributed by atoms with E-state index in [4.69, 9.17) is 0 Å². The van der Waals surface area contributed by atoms with Crippen LogP contribution in [-0.4, -0.2) is 51.8 Å². The standard InChI is InChI=1S/C33H34N4O3/c1-21(2)28(30(38)34-20-26(22-12-6-4-7-13-22)23-14-8-5-9-15-23)37-31(39)33(3)29-25(18-19-36(33)32(37)40)24-16-10-11-17-27(24)35-29/h4-17,21,26,28,35H,18-20H2,1-3H3,(H,34,38). The second-order valence-electron chi connectivity index (χ2n) is 11.3. The molecule has 0 aliphatic carbocycles. The lowest BCUT2D eigenvalue weighted by atomic mass is 9.86. The molecule has 1 fully saturated rings. The summed E-state index contributed by atoms with van der Waals surface area (Å²) in [5.41, 5.74) is 3.74. The van der Waals surface area contributed by atoms with E-state index in [9.17, 15) is 14.4 Å². The number of carbonyl (C=O) groups is 3. The van der Waals surface area contributed by atoms with E-state index in [2.05, 4.69) is 10.3 Å². The smallest absolute Gasteiger partial charge is 0.328 e. The van der Waals surface area contributed by atoms with E-state index in [1.807, 2.05) is 98.8 Å². The molecule has 0 bridgehead atoms. The van der Waals surface area contributed by atoms with Crippen molar-refractivity contribution in [3.05, 3.63) is 107 Å². The van der Waals surface area contributed by atoms with Crippen LogP contribution in [0.4, 0.5) is 4.79 Å². The third-order valence-electron chi connectivity index (χ3n) is 8.56. The second kappa shape index (κ2) is 9.97. The summed E-state index contributed by atoms with van der Waals surface area (Å²) in [4.78, 5) is 48.2. The van der Waals surface area contributed by atoms with Crippen molar-refractivity contribution in [3.63, 3.8) is 0 Å². The van der Waals surface area contributed by atoms with Gasteiger partial charge in [-0.1, -0.05) is 92.7 Å². The first kappa shape index (κ1) is 25.9. The molecule has 6 rings (SSSR count). The fourth-order valence-corrected chi connectivity index (χ4v) is 6.49. The highest BCUT2D eigenvalue weighted by Crippen LogP contribution is 2.45. The zero-order valence-corrected chi connectivity index (χ0v) is 23.1. The number of carbonyl (C=O) groups excluding carboxylic acids is 3. The van der Waals surface area contributed by atoms with E-state index in [0.717, 1.165) is 33.3 Å². The van der Waals surface area contributed by atoms with E-state index in [1.165, 1.54) is 4.90 Å². The zero-order valence-electron chi connectivity index (χ0n) is 23.1. The maximum Gasteiger partial charge on any atom is 0.328 e. The van der Waals surface area contributed by atoms with E-state index in [0.29, 0.717) is 19.5 Å². The Morgan fingerprint density at radius 3 is 2.15 bits per heavy atom. The van der Waals surface area contributed by atoms with Gasteiger partial charge in [-0.2, -0.15) is 0 Å². The molecule has 0 saturated carbocycles. The summed E-state index contributed by atoms with van der Waals surface area (Å²) in [6, 6.07) is 26.7. The minimum absolute atomic E-state index is 0.0677. The highest BCUT2D eigenvalue weighted by Gasteiger charge is 2.61. The number of rotatable bonds is 7. The third kappa shape index (κ3) is 3.99. The molecule has 7 nitrogen and oxygen atoms in total. The van der Waals surface area contributed by atoms with Crippen molar-refractivity contribution in [1.29, 1.82) is 0 Å². The molecule has 2 aliphatic heterocycles. The van der Waals surface area contributed by atoms with Crippen molar-refractivity contribution in [2.24, 2.45) is 5.92 Å². The molecule has 2 atom stereocenters. The van der Waals surface area contributed by atoms with Crippen LogP contribution in [0.5, 0.6) is 0 Å². The molecule has 4 amide bonds. The molecule has 2 N–H and O–H groups in total. The molecule has 1 saturated heterocycles. The summed E-state index contributed by atoms with van der Waals surface area (Å²) in [7, 11) is 0. The fourth-order valence-electron chi connectivity index (χ4n) is 6.49. The summed E-state index contributed by atoms with van der Waals surface area (Å²) >= 11 is 0. The Morgan fingerprint density at radius 1 is 0.925 bits per heavy atom. The number of nitrogens with zero attached hydrogens (tertiary/aromatic N) is 2. The van der Waals surface area contributed by atoms with E-state index < -0.39 is 17.6 Å². The van der Waals surface area contributed by atoms with E-state index in [1.54, 1.807) is 11.8 Å². The van der Waals surface area contributed by atoms with Gasteiger partial charge in [0.15, 0.2) is 5.54 Å². The van der Waals surface area contributed by atoms with Crippen LogP contribution in [0.2, 0.25) is 0 Å². The van der Waals surface area contributed by atoms with Gasteiger partial charge in [-0.3, -0.25) is 9.59 Å². The fraction of sp³-hybridized carbons (Fsp3) is 0.303. The van der Waals surface area contributed by atoms with Crippen LogP contribution >= 0.6 is 0 Å². The van der Waals surface area contributed by atoms with Gasteiger partial charge in [0.05, 0.1) is 5.69 Å². The molecule has 7 heteroatoms. The number of aromatic nitrogens is 1. The molecule has 0 radical (unpaired) electrons. The molecule has 1 aromatic heterocycles. The predicted octanol–water partition coefficient (Wildman–Crippen LogP) is 5.18. The van der Waals surface area contributed by atoms with Crippen LogP contribution in [0.3, 0.4) is 0 Å². The van der Waals surface area contributed by atoms with Crippen LogP contribution in [-0.2, 0) is 21.5 Å². The van der Waals surface area contributed by atoms with Crippen LogP contribution < -0.4 is 5.32 Å². The normalized spacial score (nSPS) is 19.3. The Hall–Kier alpha value is -4.39. The number of hydrogen-bond acceptors (Lipinski definition) is 3. The lowest BCUT2D eigenvalue weighted by Crippen LogP contribution is -2.53. The number of amides is 4. The summed E-state index contributed by atoms with van der Waals surface area (Å²) in [5, 5.41) is 4.17. The molecule has 2 unspecified atom stereocenters. The van der Waals surface area contributed by atoms with Crippen molar-refractivity contribution in [3.8, 4) is 0 Å². The average Bonchev–Trinajstić information content (AvgIpc) is 3.44. The van der Waals surface area contributed by atoms with Gasteiger partial charge in [-0.25, -0.2) is 9.69 Å². The number of nitrogens with one attached hydrogen (secondary N) is 2. The summed E-state index contributed by atoms with van der Waals surface area (Å²) in [6.45, 7) is 6.33. The van der Waals surface area contributed by atoms with Crippen LogP contribution in [0.15, 0.2) is 84.9 Å². The number of hydrogen-bond donors (Lipinski definition) is 2. The second-order valence-corrected chi connectivity index (χ2v) is 11.3.